The molecular weight excluding hydrogens is 404 g/mol. The van der Waals surface area contributed by atoms with Crippen LogP contribution in [0.15, 0.2) is 66.7 Å². The number of carbonyl (C=O) groups excluding carboxylic acids is 2. The third-order valence-corrected chi connectivity index (χ3v) is 4.42. The molecule has 0 saturated heterocycles. The summed E-state index contributed by atoms with van der Waals surface area (Å²) in [5, 5.41) is 7.61. The predicted octanol–water partition coefficient (Wildman–Crippen LogP) is 4.19. The van der Waals surface area contributed by atoms with Gasteiger partial charge in [-0.25, -0.2) is 13.6 Å². The zero-order valence-corrected chi connectivity index (χ0v) is 16.7. The number of para-hydroxylation sites is 1. The minimum Gasteiger partial charge on any atom is -0.496 e. The van der Waals surface area contributed by atoms with Crippen LogP contribution < -0.4 is 20.7 Å². The number of halogens is 2. The Morgan fingerprint density at radius 1 is 0.903 bits per heavy atom. The Balaban J connectivity index is 1.55. The average molecular weight is 425 g/mol. The Bertz CT molecular complexity index is 1090. The van der Waals surface area contributed by atoms with Gasteiger partial charge in [-0.2, -0.15) is 0 Å². The zero-order chi connectivity index (χ0) is 22.2. The van der Waals surface area contributed by atoms with E-state index in [1.807, 2.05) is 0 Å². The smallest absolute Gasteiger partial charge is 0.319 e. The van der Waals surface area contributed by atoms with Crippen LogP contribution in [0.5, 0.6) is 5.75 Å². The van der Waals surface area contributed by atoms with Crippen LogP contribution in [0, 0.1) is 11.6 Å². The van der Waals surface area contributed by atoms with E-state index in [0.29, 0.717) is 22.4 Å². The van der Waals surface area contributed by atoms with Gasteiger partial charge in [0.1, 0.15) is 17.4 Å². The van der Waals surface area contributed by atoms with Gasteiger partial charge in [-0.05, 0) is 48.0 Å². The van der Waals surface area contributed by atoms with E-state index >= 15 is 0 Å². The summed E-state index contributed by atoms with van der Waals surface area (Å²) in [6.45, 7) is 0.306. The Hall–Kier alpha value is -3.94. The minimum atomic E-state index is -0.584. The van der Waals surface area contributed by atoms with Crippen LogP contribution in [0.4, 0.5) is 19.3 Å². The quantitative estimate of drug-likeness (QED) is 0.497. The Morgan fingerprint density at radius 3 is 2.45 bits per heavy atom. The fraction of sp³-hybridized carbons (Fsp3) is 0.130. The third-order valence-electron chi connectivity index (χ3n) is 4.42. The number of ether oxygens (including phenoxy) is 1. The number of amides is 3. The van der Waals surface area contributed by atoms with Crippen LogP contribution in [-0.2, 0) is 0 Å². The van der Waals surface area contributed by atoms with Crippen LogP contribution in [0.2, 0.25) is 0 Å². The fourth-order valence-corrected chi connectivity index (χ4v) is 2.92. The number of anilines is 1. The highest BCUT2D eigenvalue weighted by atomic mass is 19.1. The van der Waals surface area contributed by atoms with Crippen LogP contribution in [0.25, 0.3) is 11.1 Å². The van der Waals surface area contributed by atoms with Gasteiger partial charge < -0.3 is 20.7 Å². The average Bonchev–Trinajstić information content (AvgIpc) is 2.78. The minimum absolute atomic E-state index is 0.0635. The van der Waals surface area contributed by atoms with Crippen molar-refractivity contribution in [1.29, 1.82) is 0 Å². The second-order valence-electron chi connectivity index (χ2n) is 6.54. The number of hydrogen-bond donors (Lipinski definition) is 3. The lowest BCUT2D eigenvalue weighted by Gasteiger charge is -2.11. The summed E-state index contributed by atoms with van der Waals surface area (Å²) in [6, 6.07) is 16.1. The van der Waals surface area contributed by atoms with Gasteiger partial charge >= 0.3 is 6.03 Å². The maximum Gasteiger partial charge on any atom is 0.319 e. The molecule has 0 bridgehead atoms. The van der Waals surface area contributed by atoms with Crippen molar-refractivity contribution in [2.24, 2.45) is 0 Å². The first-order valence-electron chi connectivity index (χ1n) is 9.49. The summed E-state index contributed by atoms with van der Waals surface area (Å²) >= 11 is 0. The van der Waals surface area contributed by atoms with E-state index in [9.17, 15) is 18.4 Å². The van der Waals surface area contributed by atoms with Gasteiger partial charge in [-0.1, -0.05) is 24.3 Å². The van der Waals surface area contributed by atoms with Gasteiger partial charge in [0.05, 0.1) is 12.8 Å². The molecule has 3 aromatic carbocycles. The summed E-state index contributed by atoms with van der Waals surface area (Å²) in [5.41, 5.74) is 1.60. The number of nitrogens with one attached hydrogen (secondary N) is 3. The predicted molar refractivity (Wildman–Crippen MR) is 114 cm³/mol. The molecule has 6 nitrogen and oxygen atoms in total. The Kier molecular flexibility index (Phi) is 7.16. The number of urea groups is 1. The second kappa shape index (κ2) is 10.2. The summed E-state index contributed by atoms with van der Waals surface area (Å²) in [7, 11) is 1.49. The van der Waals surface area contributed by atoms with Gasteiger partial charge in [-0.15, -0.1) is 0 Å². The normalized spacial score (nSPS) is 10.3. The maximum atomic E-state index is 13.7. The largest absolute Gasteiger partial charge is 0.496 e. The summed E-state index contributed by atoms with van der Waals surface area (Å²) in [4.78, 5) is 24.3. The van der Waals surface area contributed by atoms with E-state index in [-0.39, 0.29) is 24.7 Å². The highest BCUT2D eigenvalue weighted by Gasteiger charge is 2.11. The first kappa shape index (κ1) is 21.8. The highest BCUT2D eigenvalue weighted by Crippen LogP contribution is 2.31. The summed E-state index contributed by atoms with van der Waals surface area (Å²) in [6.07, 6.45) is 0. The van der Waals surface area contributed by atoms with Crippen LogP contribution in [0.1, 0.15) is 10.4 Å². The van der Waals surface area contributed by atoms with Crippen molar-refractivity contribution in [3.05, 3.63) is 83.9 Å². The van der Waals surface area contributed by atoms with E-state index in [1.54, 1.807) is 30.3 Å². The van der Waals surface area contributed by atoms with Crippen molar-refractivity contribution in [3.63, 3.8) is 0 Å². The van der Waals surface area contributed by atoms with Gasteiger partial charge in [0.15, 0.2) is 0 Å². The molecular formula is C23H21F2N3O3. The first-order valence-corrected chi connectivity index (χ1v) is 9.49. The van der Waals surface area contributed by atoms with Crippen molar-refractivity contribution in [1.82, 2.24) is 10.6 Å². The summed E-state index contributed by atoms with van der Waals surface area (Å²) < 4.78 is 32.5. The molecule has 0 aliphatic rings. The van der Waals surface area contributed by atoms with E-state index in [0.717, 1.165) is 0 Å². The highest BCUT2D eigenvalue weighted by molar-refractivity contribution is 5.95. The number of methoxy groups -OCH3 is 1. The van der Waals surface area contributed by atoms with Gasteiger partial charge in [0.2, 0.25) is 0 Å². The SMILES string of the molecule is COc1ccc(F)cc1-c1cccc(C(=O)NCCNC(=O)Nc2ccccc2F)c1. The molecule has 0 atom stereocenters. The molecule has 0 saturated carbocycles. The molecule has 0 aromatic heterocycles. The van der Waals surface area contributed by atoms with Gasteiger partial charge in [0, 0.05) is 24.2 Å². The second-order valence-corrected chi connectivity index (χ2v) is 6.54. The molecule has 3 N–H and O–H groups in total. The standard InChI is InChI=1S/C23H21F2N3O3/c1-31-21-10-9-17(24)14-18(21)15-5-4-6-16(13-15)22(29)26-11-12-27-23(30)28-20-8-3-2-7-19(20)25/h2-10,13-14H,11-12H2,1H3,(H,26,29)(H2,27,28,30). The molecule has 8 heteroatoms. The monoisotopic (exact) mass is 425 g/mol. The molecule has 160 valence electrons. The van der Waals surface area contributed by atoms with E-state index in [4.69, 9.17) is 4.74 Å². The van der Waals surface area contributed by atoms with Gasteiger partial charge in [0.25, 0.3) is 5.91 Å². The number of carbonyl (C=O) groups is 2. The van der Waals surface area contributed by atoms with Crippen LogP contribution in [0.3, 0.4) is 0 Å². The summed E-state index contributed by atoms with van der Waals surface area (Å²) in [5.74, 6) is -0.816. The zero-order valence-electron chi connectivity index (χ0n) is 16.7. The van der Waals surface area contributed by atoms with Crippen molar-refractivity contribution in [2.75, 3.05) is 25.5 Å². The Morgan fingerprint density at radius 2 is 1.68 bits per heavy atom. The Labute approximate surface area is 178 Å². The number of rotatable bonds is 7. The maximum absolute atomic E-state index is 13.7. The van der Waals surface area contributed by atoms with Crippen LogP contribution >= 0.6 is 0 Å². The number of benzene rings is 3. The molecule has 3 aromatic rings. The van der Waals surface area contributed by atoms with Gasteiger partial charge in [-0.3, -0.25) is 4.79 Å². The van der Waals surface area contributed by atoms with Crippen LogP contribution in [-0.4, -0.2) is 32.1 Å². The number of hydrogen-bond acceptors (Lipinski definition) is 3. The van der Waals surface area contributed by atoms with E-state index in [2.05, 4.69) is 16.0 Å². The molecule has 0 aliphatic heterocycles. The van der Waals surface area contributed by atoms with E-state index < -0.39 is 17.7 Å². The lowest BCUT2D eigenvalue weighted by atomic mass is 10.0. The molecule has 0 heterocycles. The first-order chi connectivity index (χ1) is 15.0. The molecule has 0 spiro atoms. The molecule has 3 rings (SSSR count). The third kappa shape index (κ3) is 5.79. The fourth-order valence-electron chi connectivity index (χ4n) is 2.92. The van der Waals surface area contributed by atoms with Crippen molar-refractivity contribution >= 4 is 17.6 Å². The molecule has 3 amide bonds. The molecule has 31 heavy (non-hydrogen) atoms. The van der Waals surface area contributed by atoms with Crippen molar-refractivity contribution in [3.8, 4) is 16.9 Å². The molecule has 0 radical (unpaired) electrons. The molecule has 0 unspecified atom stereocenters. The molecule has 0 fully saturated rings. The van der Waals surface area contributed by atoms with Crippen molar-refractivity contribution < 1.29 is 23.1 Å². The topological polar surface area (TPSA) is 79.5 Å². The van der Waals surface area contributed by atoms with E-state index in [1.165, 1.54) is 43.5 Å². The lowest BCUT2D eigenvalue weighted by molar-refractivity contribution is 0.0954. The van der Waals surface area contributed by atoms with Crippen molar-refractivity contribution in [2.45, 2.75) is 0 Å². The molecule has 0 aliphatic carbocycles. The lowest BCUT2D eigenvalue weighted by Crippen LogP contribution is -2.36.